The number of nitrogens with one attached hydrogen (secondary N) is 3. The van der Waals surface area contributed by atoms with E-state index in [1.165, 1.54) is 6.07 Å². The summed E-state index contributed by atoms with van der Waals surface area (Å²) >= 11 is 11.6. The van der Waals surface area contributed by atoms with E-state index in [1.54, 1.807) is 0 Å². The van der Waals surface area contributed by atoms with Crippen LogP contribution in [-0.4, -0.2) is 17.9 Å². The molecule has 3 N–H and O–H groups in total. The maximum atomic E-state index is 12.1. The average molecular weight is 298 g/mol. The summed E-state index contributed by atoms with van der Waals surface area (Å²) in [6, 6.07) is 9.07. The molecule has 2 aromatic rings. The van der Waals surface area contributed by atoms with Crippen molar-refractivity contribution in [3.63, 3.8) is 0 Å². The van der Waals surface area contributed by atoms with E-state index in [9.17, 15) is 4.79 Å². The van der Waals surface area contributed by atoms with Crippen LogP contribution in [0.4, 0.5) is 5.69 Å². The quantitative estimate of drug-likeness (QED) is 0.811. The van der Waals surface area contributed by atoms with Gasteiger partial charge in [-0.1, -0.05) is 41.4 Å². The molecule has 0 aliphatic carbocycles. The first-order valence-electron chi connectivity index (χ1n) is 5.69. The first-order chi connectivity index (χ1) is 9.11. The summed E-state index contributed by atoms with van der Waals surface area (Å²) in [6.07, 6.45) is 0. The molecule has 1 aromatic carbocycles. The fourth-order valence-corrected chi connectivity index (χ4v) is 2.02. The number of hydrogen-bond acceptors (Lipinski definition) is 2. The third-order valence-electron chi connectivity index (χ3n) is 2.60. The third kappa shape index (κ3) is 3.29. The highest BCUT2D eigenvalue weighted by atomic mass is 35.5. The van der Waals surface area contributed by atoms with Crippen molar-refractivity contribution in [3.05, 3.63) is 51.8 Å². The van der Waals surface area contributed by atoms with Gasteiger partial charge in [0, 0.05) is 12.2 Å². The van der Waals surface area contributed by atoms with Crippen LogP contribution in [0.5, 0.6) is 0 Å². The maximum absolute atomic E-state index is 12.1. The van der Waals surface area contributed by atoms with E-state index in [0.717, 1.165) is 11.3 Å². The Labute approximate surface area is 121 Å². The SMILES string of the molecule is CNCc1ccccc1NC(=O)c1cc(Cl)c(Cl)[nH]1. The molecular formula is C13H13Cl2N3O. The lowest BCUT2D eigenvalue weighted by molar-refractivity contribution is 0.102. The number of halogens is 2. The lowest BCUT2D eigenvalue weighted by Crippen LogP contribution is -2.15. The Morgan fingerprint density at radius 3 is 2.68 bits per heavy atom. The lowest BCUT2D eigenvalue weighted by Gasteiger charge is -2.09. The Morgan fingerprint density at radius 2 is 2.05 bits per heavy atom. The van der Waals surface area contributed by atoms with Crippen LogP contribution in [-0.2, 0) is 6.54 Å². The summed E-state index contributed by atoms with van der Waals surface area (Å²) in [7, 11) is 1.85. The first-order valence-corrected chi connectivity index (χ1v) is 6.45. The summed E-state index contributed by atoms with van der Waals surface area (Å²) in [6.45, 7) is 0.669. The zero-order valence-corrected chi connectivity index (χ0v) is 11.8. The van der Waals surface area contributed by atoms with Crippen molar-refractivity contribution < 1.29 is 4.79 Å². The fourth-order valence-electron chi connectivity index (χ4n) is 1.70. The van der Waals surface area contributed by atoms with E-state index in [0.29, 0.717) is 17.3 Å². The summed E-state index contributed by atoms with van der Waals surface area (Å²) in [5, 5.41) is 6.46. The number of rotatable bonds is 4. The highest BCUT2D eigenvalue weighted by molar-refractivity contribution is 6.41. The van der Waals surface area contributed by atoms with Crippen LogP contribution in [0.2, 0.25) is 10.2 Å². The van der Waals surface area contributed by atoms with Crippen LogP contribution < -0.4 is 10.6 Å². The third-order valence-corrected chi connectivity index (χ3v) is 3.30. The van der Waals surface area contributed by atoms with Crippen molar-refractivity contribution in [1.29, 1.82) is 0 Å². The molecule has 1 aromatic heterocycles. The second kappa shape index (κ2) is 6.10. The van der Waals surface area contributed by atoms with Gasteiger partial charge >= 0.3 is 0 Å². The number of anilines is 1. The van der Waals surface area contributed by atoms with E-state index < -0.39 is 0 Å². The topological polar surface area (TPSA) is 56.9 Å². The van der Waals surface area contributed by atoms with E-state index in [-0.39, 0.29) is 11.1 Å². The van der Waals surface area contributed by atoms with Gasteiger partial charge in [0.2, 0.25) is 0 Å². The van der Waals surface area contributed by atoms with Gasteiger partial charge in [0.1, 0.15) is 10.8 Å². The number of H-pyrrole nitrogens is 1. The minimum absolute atomic E-state index is 0.260. The van der Waals surface area contributed by atoms with Gasteiger partial charge in [0.25, 0.3) is 5.91 Å². The number of aromatic amines is 1. The predicted molar refractivity (Wildman–Crippen MR) is 78.0 cm³/mol. The molecule has 0 atom stereocenters. The molecule has 0 saturated carbocycles. The van der Waals surface area contributed by atoms with Gasteiger partial charge in [-0.25, -0.2) is 0 Å². The number of para-hydroxylation sites is 1. The zero-order chi connectivity index (χ0) is 13.8. The second-order valence-corrected chi connectivity index (χ2v) is 4.77. The summed E-state index contributed by atoms with van der Waals surface area (Å²) in [5.74, 6) is -0.280. The van der Waals surface area contributed by atoms with Gasteiger partial charge in [-0.05, 0) is 24.7 Å². The molecule has 0 fully saturated rings. The van der Waals surface area contributed by atoms with Crippen LogP contribution in [0.25, 0.3) is 0 Å². The smallest absolute Gasteiger partial charge is 0.272 e. The minimum Gasteiger partial charge on any atom is -0.340 e. The highest BCUT2D eigenvalue weighted by Gasteiger charge is 2.13. The van der Waals surface area contributed by atoms with E-state index in [2.05, 4.69) is 15.6 Å². The van der Waals surface area contributed by atoms with Gasteiger partial charge in [0.15, 0.2) is 0 Å². The van der Waals surface area contributed by atoms with Crippen molar-refractivity contribution in [2.75, 3.05) is 12.4 Å². The molecule has 1 heterocycles. The zero-order valence-electron chi connectivity index (χ0n) is 10.3. The Bertz CT molecular complexity index is 576. The molecule has 2 rings (SSSR count). The van der Waals surface area contributed by atoms with Crippen molar-refractivity contribution >= 4 is 34.8 Å². The lowest BCUT2D eigenvalue weighted by atomic mass is 10.1. The Balaban J connectivity index is 2.19. The molecule has 0 spiro atoms. The molecule has 0 bridgehead atoms. The Hall–Kier alpha value is -1.49. The van der Waals surface area contributed by atoms with Crippen molar-refractivity contribution in [3.8, 4) is 0 Å². The normalized spacial score (nSPS) is 10.5. The molecule has 0 unspecified atom stereocenters. The van der Waals surface area contributed by atoms with Crippen LogP contribution >= 0.6 is 23.2 Å². The number of amides is 1. The van der Waals surface area contributed by atoms with Crippen molar-refractivity contribution in [2.24, 2.45) is 0 Å². The predicted octanol–water partition coefficient (Wildman–Crippen LogP) is 3.29. The van der Waals surface area contributed by atoms with Gasteiger partial charge in [-0.15, -0.1) is 0 Å². The monoisotopic (exact) mass is 297 g/mol. The molecule has 0 aliphatic rings. The molecule has 100 valence electrons. The fraction of sp³-hybridized carbons (Fsp3) is 0.154. The van der Waals surface area contributed by atoms with Crippen LogP contribution in [0, 0.1) is 0 Å². The molecule has 0 saturated heterocycles. The van der Waals surface area contributed by atoms with Crippen molar-refractivity contribution in [1.82, 2.24) is 10.3 Å². The largest absolute Gasteiger partial charge is 0.340 e. The van der Waals surface area contributed by atoms with E-state index >= 15 is 0 Å². The number of hydrogen-bond donors (Lipinski definition) is 3. The molecule has 1 amide bonds. The van der Waals surface area contributed by atoms with E-state index in [1.807, 2.05) is 31.3 Å². The van der Waals surface area contributed by atoms with Gasteiger partial charge < -0.3 is 15.6 Å². The standard InChI is InChI=1S/C13H13Cl2N3O/c1-16-7-8-4-2-3-5-10(8)18-13(19)11-6-9(14)12(15)17-11/h2-6,16-17H,7H2,1H3,(H,18,19). The Kier molecular flexibility index (Phi) is 4.47. The number of carbonyl (C=O) groups excluding carboxylic acids is 1. The summed E-state index contributed by atoms with van der Waals surface area (Å²) < 4.78 is 0. The van der Waals surface area contributed by atoms with Gasteiger partial charge in [0.05, 0.1) is 5.02 Å². The molecule has 19 heavy (non-hydrogen) atoms. The second-order valence-electron chi connectivity index (χ2n) is 3.99. The number of aromatic nitrogens is 1. The summed E-state index contributed by atoms with van der Waals surface area (Å²) in [4.78, 5) is 14.8. The number of benzene rings is 1. The molecule has 0 radical (unpaired) electrons. The summed E-state index contributed by atoms with van der Waals surface area (Å²) in [5.41, 5.74) is 2.08. The van der Waals surface area contributed by atoms with Gasteiger partial charge in [-0.3, -0.25) is 4.79 Å². The van der Waals surface area contributed by atoms with Gasteiger partial charge in [-0.2, -0.15) is 0 Å². The Morgan fingerprint density at radius 1 is 1.32 bits per heavy atom. The van der Waals surface area contributed by atoms with Crippen LogP contribution in [0.3, 0.4) is 0 Å². The van der Waals surface area contributed by atoms with Crippen molar-refractivity contribution in [2.45, 2.75) is 6.54 Å². The van der Waals surface area contributed by atoms with E-state index in [4.69, 9.17) is 23.2 Å². The minimum atomic E-state index is -0.280. The molecular weight excluding hydrogens is 285 g/mol. The molecule has 0 aliphatic heterocycles. The number of carbonyl (C=O) groups is 1. The van der Waals surface area contributed by atoms with Crippen LogP contribution in [0.15, 0.2) is 30.3 Å². The highest BCUT2D eigenvalue weighted by Crippen LogP contribution is 2.23. The first kappa shape index (κ1) is 13.9. The average Bonchev–Trinajstić information content (AvgIpc) is 2.72. The van der Waals surface area contributed by atoms with Crippen LogP contribution in [0.1, 0.15) is 16.1 Å². The molecule has 4 nitrogen and oxygen atoms in total. The maximum Gasteiger partial charge on any atom is 0.272 e. The molecule has 6 heteroatoms.